The van der Waals surface area contributed by atoms with Gasteiger partial charge < -0.3 is 14.2 Å². The Balaban J connectivity index is 1.53. The number of rotatable bonds is 8. The summed E-state index contributed by atoms with van der Waals surface area (Å²) >= 11 is 12.4. The van der Waals surface area contributed by atoms with E-state index in [1.54, 1.807) is 12.1 Å². The highest BCUT2D eigenvalue weighted by atomic mass is 35.5. The summed E-state index contributed by atoms with van der Waals surface area (Å²) in [6, 6.07) is 17.2. The number of carbonyl (C=O) groups is 1. The minimum atomic E-state index is 0.0492. The first-order valence-corrected chi connectivity index (χ1v) is 13.2. The Morgan fingerprint density at radius 1 is 1.06 bits per heavy atom. The average Bonchev–Trinajstić information content (AvgIpc) is 3.30. The van der Waals surface area contributed by atoms with Crippen LogP contribution in [0, 0.1) is 12.8 Å². The lowest BCUT2D eigenvalue weighted by atomic mass is 10.0. The monoisotopic (exact) mass is 512 g/mol. The molecule has 3 aromatic rings. The fourth-order valence-corrected chi connectivity index (χ4v) is 5.09. The van der Waals surface area contributed by atoms with Crippen molar-refractivity contribution in [2.45, 2.75) is 52.6 Å². The molecule has 0 N–H and O–H groups in total. The molecule has 0 spiro atoms. The van der Waals surface area contributed by atoms with E-state index in [4.69, 9.17) is 27.6 Å². The van der Waals surface area contributed by atoms with Crippen LogP contribution in [-0.2, 0) is 6.54 Å². The summed E-state index contributed by atoms with van der Waals surface area (Å²) in [5.74, 6) is 2.17. The van der Waals surface area contributed by atoms with E-state index in [1.807, 2.05) is 54.3 Å². The van der Waals surface area contributed by atoms with Crippen molar-refractivity contribution in [1.82, 2.24) is 9.80 Å². The van der Waals surface area contributed by atoms with Crippen LogP contribution >= 0.6 is 23.2 Å². The Hall–Kier alpha value is -2.27. The third-order valence-corrected chi connectivity index (χ3v) is 7.31. The van der Waals surface area contributed by atoms with Crippen molar-refractivity contribution >= 4 is 29.1 Å². The van der Waals surface area contributed by atoms with Gasteiger partial charge in [0.2, 0.25) is 0 Å². The van der Waals surface area contributed by atoms with Crippen LogP contribution < -0.4 is 0 Å². The molecule has 4 rings (SSSR count). The molecule has 2 heterocycles. The van der Waals surface area contributed by atoms with E-state index in [1.165, 1.54) is 6.42 Å². The number of furan rings is 1. The van der Waals surface area contributed by atoms with E-state index in [2.05, 4.69) is 18.7 Å². The van der Waals surface area contributed by atoms with Gasteiger partial charge in [-0.15, -0.1) is 0 Å². The van der Waals surface area contributed by atoms with Crippen LogP contribution in [0.15, 0.2) is 59.0 Å². The number of nitrogens with zero attached hydrogens (tertiary/aromatic N) is 2. The quantitative estimate of drug-likeness (QED) is 0.310. The number of aryl methyl sites for hydroxylation is 1. The Labute approximate surface area is 218 Å². The zero-order chi connectivity index (χ0) is 24.9. The number of amides is 1. The lowest BCUT2D eigenvalue weighted by Gasteiger charge is -2.38. The van der Waals surface area contributed by atoms with E-state index in [-0.39, 0.29) is 11.9 Å². The van der Waals surface area contributed by atoms with Gasteiger partial charge in [-0.1, -0.05) is 54.7 Å². The minimum Gasteiger partial charge on any atom is -0.459 e. The summed E-state index contributed by atoms with van der Waals surface area (Å²) in [6.45, 7) is 10.1. The maximum Gasteiger partial charge on any atom is 0.254 e. The molecule has 0 aliphatic carbocycles. The molecule has 186 valence electrons. The first kappa shape index (κ1) is 25.8. The van der Waals surface area contributed by atoms with Crippen molar-refractivity contribution in [3.63, 3.8) is 0 Å². The van der Waals surface area contributed by atoms with Crippen molar-refractivity contribution in [3.8, 4) is 11.3 Å². The van der Waals surface area contributed by atoms with E-state index < -0.39 is 0 Å². The Morgan fingerprint density at radius 3 is 2.43 bits per heavy atom. The predicted molar refractivity (Wildman–Crippen MR) is 144 cm³/mol. The van der Waals surface area contributed by atoms with Crippen LogP contribution in [-0.4, -0.2) is 41.4 Å². The first-order chi connectivity index (χ1) is 16.8. The summed E-state index contributed by atoms with van der Waals surface area (Å²) in [5, 5.41) is 1.12. The van der Waals surface area contributed by atoms with Crippen LogP contribution in [0.1, 0.15) is 54.8 Å². The maximum atomic E-state index is 13.7. The highest BCUT2D eigenvalue weighted by molar-refractivity contribution is 6.36. The molecule has 0 atom stereocenters. The standard InChI is InChI=1S/C29H34Cl2N2O2/c1-20(2)12-15-32-16-13-24(14-17-32)33(29(34)22-6-4-21(3)5-7-22)19-25-9-11-28(35-25)26-10-8-23(30)18-27(26)31/h4-11,18,20,24H,12-17,19H2,1-3H3. The van der Waals surface area contributed by atoms with Gasteiger partial charge in [0.1, 0.15) is 11.5 Å². The number of halogens is 2. The Bertz CT molecular complexity index is 1130. The van der Waals surface area contributed by atoms with Gasteiger partial charge in [0.15, 0.2) is 0 Å². The third kappa shape index (κ3) is 6.69. The lowest BCUT2D eigenvalue weighted by molar-refractivity contribution is 0.0527. The molecule has 1 saturated heterocycles. The van der Waals surface area contributed by atoms with Crippen molar-refractivity contribution < 1.29 is 9.21 Å². The number of hydrogen-bond donors (Lipinski definition) is 0. The molecule has 35 heavy (non-hydrogen) atoms. The molecule has 1 amide bonds. The van der Waals surface area contributed by atoms with Crippen LogP contribution in [0.2, 0.25) is 10.0 Å². The Morgan fingerprint density at radius 2 is 1.77 bits per heavy atom. The summed E-state index contributed by atoms with van der Waals surface area (Å²) in [6.07, 6.45) is 3.14. The number of hydrogen-bond acceptors (Lipinski definition) is 3. The van der Waals surface area contributed by atoms with Gasteiger partial charge in [-0.25, -0.2) is 0 Å². The molecule has 0 saturated carbocycles. The SMILES string of the molecule is Cc1ccc(C(=O)N(Cc2ccc(-c3ccc(Cl)cc3Cl)o2)C2CCN(CCC(C)C)CC2)cc1. The molecule has 1 fully saturated rings. The number of likely N-dealkylation sites (tertiary alicyclic amines) is 1. The molecular formula is C29H34Cl2N2O2. The second kappa shape index (κ2) is 11.6. The van der Waals surface area contributed by atoms with Crippen molar-refractivity contribution in [2.24, 2.45) is 5.92 Å². The second-order valence-corrected chi connectivity index (χ2v) is 10.8. The fourth-order valence-electron chi connectivity index (χ4n) is 4.59. The molecule has 4 nitrogen and oxygen atoms in total. The summed E-state index contributed by atoms with van der Waals surface area (Å²) in [7, 11) is 0. The second-order valence-electron chi connectivity index (χ2n) is 9.94. The zero-order valence-corrected chi connectivity index (χ0v) is 22.3. The Kier molecular flexibility index (Phi) is 8.59. The minimum absolute atomic E-state index is 0.0492. The van der Waals surface area contributed by atoms with E-state index in [0.717, 1.165) is 49.4 Å². The molecular weight excluding hydrogens is 479 g/mol. The van der Waals surface area contributed by atoms with E-state index >= 15 is 0 Å². The van der Waals surface area contributed by atoms with Crippen molar-refractivity contribution in [1.29, 1.82) is 0 Å². The van der Waals surface area contributed by atoms with Gasteiger partial charge in [-0.3, -0.25) is 4.79 Å². The van der Waals surface area contributed by atoms with Gasteiger partial charge >= 0.3 is 0 Å². The van der Waals surface area contributed by atoms with Crippen LogP contribution in [0.25, 0.3) is 11.3 Å². The molecule has 0 unspecified atom stereocenters. The number of carbonyl (C=O) groups excluding carboxylic acids is 1. The number of benzene rings is 2. The lowest BCUT2D eigenvalue weighted by Crippen LogP contribution is -2.47. The van der Waals surface area contributed by atoms with Crippen LogP contribution in [0.3, 0.4) is 0 Å². The zero-order valence-electron chi connectivity index (χ0n) is 20.8. The van der Waals surface area contributed by atoms with Crippen LogP contribution in [0.4, 0.5) is 0 Å². The average molecular weight is 514 g/mol. The summed E-state index contributed by atoms with van der Waals surface area (Å²) in [4.78, 5) is 18.2. The molecule has 1 aliphatic rings. The molecule has 6 heteroatoms. The summed E-state index contributed by atoms with van der Waals surface area (Å²) in [5.41, 5.74) is 2.64. The fraction of sp³-hybridized carbons (Fsp3) is 0.414. The van der Waals surface area contributed by atoms with Crippen molar-refractivity contribution in [3.05, 3.63) is 81.5 Å². The highest BCUT2D eigenvalue weighted by Crippen LogP contribution is 2.32. The van der Waals surface area contributed by atoms with E-state index in [0.29, 0.717) is 33.8 Å². The van der Waals surface area contributed by atoms with Crippen LogP contribution in [0.5, 0.6) is 0 Å². The normalized spacial score (nSPS) is 15.0. The predicted octanol–water partition coefficient (Wildman–Crippen LogP) is 7.71. The van der Waals surface area contributed by atoms with Gasteiger partial charge in [-0.05, 0) is 81.1 Å². The van der Waals surface area contributed by atoms with Gasteiger partial charge in [0.05, 0.1) is 11.6 Å². The first-order valence-electron chi connectivity index (χ1n) is 12.4. The molecule has 0 bridgehead atoms. The largest absolute Gasteiger partial charge is 0.459 e. The third-order valence-electron chi connectivity index (χ3n) is 6.76. The van der Waals surface area contributed by atoms with Crippen molar-refractivity contribution in [2.75, 3.05) is 19.6 Å². The highest BCUT2D eigenvalue weighted by Gasteiger charge is 2.29. The number of piperidine rings is 1. The van der Waals surface area contributed by atoms with E-state index in [9.17, 15) is 4.79 Å². The topological polar surface area (TPSA) is 36.7 Å². The smallest absolute Gasteiger partial charge is 0.254 e. The van der Waals surface area contributed by atoms with Gasteiger partial charge in [-0.2, -0.15) is 0 Å². The van der Waals surface area contributed by atoms with Gasteiger partial charge in [0.25, 0.3) is 5.91 Å². The maximum absolute atomic E-state index is 13.7. The summed E-state index contributed by atoms with van der Waals surface area (Å²) < 4.78 is 6.17. The van der Waals surface area contributed by atoms with Gasteiger partial charge in [0, 0.05) is 35.3 Å². The molecule has 1 aliphatic heterocycles. The molecule has 0 radical (unpaired) electrons. The molecule has 1 aromatic heterocycles. The molecule has 2 aromatic carbocycles.